The molecular weight excluding hydrogens is 426 g/mol. The van der Waals surface area contributed by atoms with Crippen molar-refractivity contribution < 1.29 is 4.57 Å². The number of hydrogen-bond donors (Lipinski definition) is 0. The first-order valence-corrected chi connectivity index (χ1v) is 16.0. The third kappa shape index (κ3) is 4.13. The lowest BCUT2D eigenvalue weighted by Crippen LogP contribution is -2.52. The van der Waals surface area contributed by atoms with Crippen LogP contribution in [0.3, 0.4) is 0 Å². The monoisotopic (exact) mass is 464 g/mol. The number of aryl methyl sites for hydroxylation is 2. The average molecular weight is 465 g/mol. The van der Waals surface area contributed by atoms with Crippen LogP contribution < -0.4 is 14.9 Å². The molecule has 0 spiro atoms. The average Bonchev–Trinajstić information content (AvgIpc) is 2.86. The molecule has 5 rings (SSSR count). The fourth-order valence-electron chi connectivity index (χ4n) is 5.92. The summed E-state index contributed by atoms with van der Waals surface area (Å²) in [7, 11) is 0.461. The van der Waals surface area contributed by atoms with Crippen LogP contribution in [-0.2, 0) is 7.05 Å². The molecule has 0 radical (unpaired) electrons. The zero-order valence-electron chi connectivity index (χ0n) is 21.5. The van der Waals surface area contributed by atoms with E-state index in [9.17, 15) is 0 Å². The predicted molar refractivity (Wildman–Crippen MR) is 149 cm³/mol. The van der Waals surface area contributed by atoms with Crippen molar-refractivity contribution in [1.29, 1.82) is 0 Å². The Kier molecular flexibility index (Phi) is 6.20. The van der Waals surface area contributed by atoms with E-state index in [-0.39, 0.29) is 0 Å². The van der Waals surface area contributed by atoms with Crippen LogP contribution in [0.1, 0.15) is 54.7 Å². The Morgan fingerprint density at radius 3 is 2.26 bits per heavy atom. The van der Waals surface area contributed by atoms with Gasteiger partial charge in [0.25, 0.3) is 0 Å². The molecule has 1 aliphatic carbocycles. The summed E-state index contributed by atoms with van der Waals surface area (Å²) >= 11 is 0. The Morgan fingerprint density at radius 1 is 0.794 bits per heavy atom. The van der Waals surface area contributed by atoms with Gasteiger partial charge in [-0.15, -0.1) is 0 Å². The van der Waals surface area contributed by atoms with E-state index in [1.54, 1.807) is 5.56 Å². The van der Waals surface area contributed by atoms with Crippen LogP contribution >= 0.6 is 0 Å². The minimum atomic E-state index is -1.74. The number of aromatic nitrogens is 1. The first-order valence-electron chi connectivity index (χ1n) is 13.0. The molecule has 0 atom stereocenters. The van der Waals surface area contributed by atoms with E-state index in [4.69, 9.17) is 0 Å². The molecule has 0 bridgehead atoms. The Morgan fingerprint density at radius 2 is 1.53 bits per heavy atom. The fourth-order valence-corrected chi connectivity index (χ4v) is 8.30. The minimum Gasteiger partial charge on any atom is -0.200 e. The molecule has 0 unspecified atom stereocenters. The lowest BCUT2D eigenvalue weighted by atomic mass is 9.81. The highest BCUT2D eigenvalue weighted by molar-refractivity contribution is 7.00. The standard InChI is InChI=1S/C32H38NSi/c1-23-20-27(25-12-8-6-9-13-25)22-31(24(23)2)32-30-17-16-29(21-26(30)18-19-33(32)3)34(4,5)28-14-10-7-11-15-28/h7,10-11,14-22,25H,6,8-9,12-13H2,1-5H3/q+1. The number of pyridine rings is 1. The van der Waals surface area contributed by atoms with Crippen LogP contribution in [0.4, 0.5) is 0 Å². The second-order valence-electron chi connectivity index (χ2n) is 10.9. The summed E-state index contributed by atoms with van der Waals surface area (Å²) in [5.41, 5.74) is 7.13. The molecular formula is C32H38NSi+. The van der Waals surface area contributed by atoms with E-state index in [1.165, 1.54) is 75.6 Å². The van der Waals surface area contributed by atoms with Gasteiger partial charge in [0, 0.05) is 6.07 Å². The highest BCUT2D eigenvalue weighted by Crippen LogP contribution is 2.37. The molecule has 1 fully saturated rings. The van der Waals surface area contributed by atoms with Gasteiger partial charge in [-0.2, -0.15) is 0 Å². The second kappa shape index (κ2) is 9.15. The van der Waals surface area contributed by atoms with Crippen LogP contribution in [0.15, 0.2) is 72.9 Å². The van der Waals surface area contributed by atoms with Crippen LogP contribution in [-0.4, -0.2) is 8.07 Å². The van der Waals surface area contributed by atoms with Crippen molar-refractivity contribution in [2.24, 2.45) is 7.05 Å². The third-order valence-electron chi connectivity index (χ3n) is 8.38. The maximum Gasteiger partial charge on any atom is 0.220 e. The van der Waals surface area contributed by atoms with E-state index >= 15 is 0 Å². The Hall–Kier alpha value is -2.71. The lowest BCUT2D eigenvalue weighted by molar-refractivity contribution is -0.659. The molecule has 3 aromatic carbocycles. The van der Waals surface area contributed by atoms with Crippen LogP contribution in [0.2, 0.25) is 13.1 Å². The van der Waals surface area contributed by atoms with E-state index in [0.717, 1.165) is 5.92 Å². The van der Waals surface area contributed by atoms with Gasteiger partial charge in [0.1, 0.15) is 15.1 Å². The van der Waals surface area contributed by atoms with Crippen LogP contribution in [0.25, 0.3) is 22.0 Å². The molecule has 1 aliphatic rings. The van der Waals surface area contributed by atoms with E-state index < -0.39 is 8.07 Å². The fraction of sp³-hybridized carbons (Fsp3) is 0.344. The Bertz CT molecular complexity index is 1330. The second-order valence-corrected chi connectivity index (χ2v) is 15.3. The first kappa shape index (κ1) is 23.0. The number of rotatable bonds is 4. The summed E-state index contributed by atoms with van der Waals surface area (Å²) in [5.74, 6) is 0.719. The molecule has 34 heavy (non-hydrogen) atoms. The quantitative estimate of drug-likeness (QED) is 0.230. The van der Waals surface area contributed by atoms with Gasteiger partial charge in [-0.05, 0) is 66.8 Å². The van der Waals surface area contributed by atoms with Crippen molar-refractivity contribution in [2.75, 3.05) is 0 Å². The molecule has 1 aromatic heterocycles. The number of fused-ring (bicyclic) bond motifs is 1. The minimum absolute atomic E-state index is 0.719. The molecule has 0 saturated heterocycles. The maximum atomic E-state index is 2.52. The SMILES string of the molecule is Cc1cc(C2CCCCC2)cc(-c2c3ccc([Si](C)(C)c4ccccc4)cc3cc[n+]2C)c1C. The molecule has 1 saturated carbocycles. The Labute approximate surface area is 206 Å². The molecule has 2 heteroatoms. The Balaban J connectivity index is 1.65. The topological polar surface area (TPSA) is 3.88 Å². The predicted octanol–water partition coefficient (Wildman–Crippen LogP) is 6.82. The van der Waals surface area contributed by atoms with Crippen LogP contribution in [0, 0.1) is 13.8 Å². The summed E-state index contributed by atoms with van der Waals surface area (Å²) < 4.78 is 2.33. The van der Waals surface area contributed by atoms with Crippen molar-refractivity contribution in [3.05, 3.63) is 89.6 Å². The normalized spacial score (nSPS) is 15.1. The summed E-state index contributed by atoms with van der Waals surface area (Å²) in [6, 6.07) is 25.6. The molecule has 174 valence electrons. The van der Waals surface area contributed by atoms with Gasteiger partial charge in [0.15, 0.2) is 6.20 Å². The van der Waals surface area contributed by atoms with E-state index in [1.807, 2.05) is 0 Å². The maximum absolute atomic E-state index is 2.52. The molecule has 0 N–H and O–H groups in total. The molecule has 4 aromatic rings. The summed E-state index contributed by atoms with van der Waals surface area (Å²) in [6.07, 6.45) is 9.08. The highest BCUT2D eigenvalue weighted by atomic mass is 28.3. The first-order chi connectivity index (χ1) is 16.4. The summed E-state index contributed by atoms with van der Waals surface area (Å²) in [6.45, 7) is 9.53. The van der Waals surface area contributed by atoms with Crippen molar-refractivity contribution in [1.82, 2.24) is 0 Å². The number of benzene rings is 3. The molecule has 0 aliphatic heterocycles. The van der Waals surface area contributed by atoms with Gasteiger partial charge in [0.2, 0.25) is 5.69 Å². The van der Waals surface area contributed by atoms with Crippen LogP contribution in [0.5, 0.6) is 0 Å². The third-order valence-corrected chi connectivity index (χ3v) is 11.9. The molecule has 0 amide bonds. The largest absolute Gasteiger partial charge is 0.220 e. The lowest BCUT2D eigenvalue weighted by Gasteiger charge is -2.25. The van der Waals surface area contributed by atoms with Crippen molar-refractivity contribution in [3.8, 4) is 11.3 Å². The van der Waals surface area contributed by atoms with Gasteiger partial charge in [-0.1, -0.05) is 91.3 Å². The van der Waals surface area contributed by atoms with Crippen molar-refractivity contribution in [3.63, 3.8) is 0 Å². The number of hydrogen-bond acceptors (Lipinski definition) is 0. The zero-order valence-corrected chi connectivity index (χ0v) is 22.5. The zero-order chi connectivity index (χ0) is 23.9. The summed E-state index contributed by atoms with van der Waals surface area (Å²) in [4.78, 5) is 0. The van der Waals surface area contributed by atoms with E-state index in [0.29, 0.717) is 0 Å². The van der Waals surface area contributed by atoms with Gasteiger partial charge in [-0.3, -0.25) is 0 Å². The van der Waals surface area contributed by atoms with Gasteiger partial charge >= 0.3 is 0 Å². The van der Waals surface area contributed by atoms with Crippen molar-refractivity contribution >= 4 is 29.2 Å². The molecule has 1 nitrogen and oxygen atoms in total. The van der Waals surface area contributed by atoms with Gasteiger partial charge < -0.3 is 0 Å². The summed E-state index contributed by atoms with van der Waals surface area (Å²) in [5, 5.41) is 5.69. The van der Waals surface area contributed by atoms with Gasteiger partial charge in [0.05, 0.1) is 10.9 Å². The molecule has 1 heterocycles. The van der Waals surface area contributed by atoms with Crippen molar-refractivity contribution in [2.45, 2.75) is 65.0 Å². The number of nitrogens with zero attached hydrogens (tertiary/aromatic N) is 1. The van der Waals surface area contributed by atoms with Gasteiger partial charge in [-0.25, -0.2) is 4.57 Å². The smallest absolute Gasteiger partial charge is 0.200 e. The highest BCUT2D eigenvalue weighted by Gasteiger charge is 2.27. The van der Waals surface area contributed by atoms with E-state index in [2.05, 4.69) is 111 Å².